The Kier molecular flexibility index (Phi) is 7.70. The summed E-state index contributed by atoms with van der Waals surface area (Å²) in [5, 5.41) is 13.5. The van der Waals surface area contributed by atoms with E-state index in [0.29, 0.717) is 12.0 Å². The van der Waals surface area contributed by atoms with Gasteiger partial charge in [0.1, 0.15) is 11.6 Å². The lowest BCUT2D eigenvalue weighted by atomic mass is 10.0. The number of para-hydroxylation sites is 1. The Bertz CT molecular complexity index is 700. The van der Waals surface area contributed by atoms with Crippen molar-refractivity contribution in [2.75, 3.05) is 13.7 Å². The number of methoxy groups -OCH3 is 1. The van der Waals surface area contributed by atoms with Gasteiger partial charge in [-0.1, -0.05) is 26.0 Å². The number of rotatable bonds is 8. The van der Waals surface area contributed by atoms with Crippen molar-refractivity contribution in [3.63, 3.8) is 0 Å². The highest BCUT2D eigenvalue weighted by molar-refractivity contribution is 5.96. The number of nitrogens with one attached hydrogen (secondary N) is 1. The zero-order valence-electron chi connectivity index (χ0n) is 15.1. The fourth-order valence-electron chi connectivity index (χ4n) is 2.34. The lowest BCUT2D eigenvalue weighted by molar-refractivity contribution is -0.385. The topological polar surface area (TPSA) is 125 Å². The third-order valence-electron chi connectivity index (χ3n) is 3.50. The van der Waals surface area contributed by atoms with E-state index in [1.807, 2.05) is 13.8 Å². The number of carbonyl (C=O) groups is 3. The average molecular weight is 366 g/mol. The Morgan fingerprint density at radius 1 is 1.27 bits per heavy atom. The van der Waals surface area contributed by atoms with Crippen LogP contribution in [-0.4, -0.2) is 42.5 Å². The van der Waals surface area contributed by atoms with Crippen molar-refractivity contribution in [1.82, 2.24) is 5.32 Å². The summed E-state index contributed by atoms with van der Waals surface area (Å²) in [5.41, 5.74) is -0.309. The van der Waals surface area contributed by atoms with Crippen molar-refractivity contribution in [1.29, 1.82) is 0 Å². The molecule has 1 aromatic carbocycles. The number of esters is 2. The second kappa shape index (κ2) is 9.50. The summed E-state index contributed by atoms with van der Waals surface area (Å²) in [6.45, 7) is 4.57. The van der Waals surface area contributed by atoms with Gasteiger partial charge in [0.05, 0.1) is 12.0 Å². The first-order valence-corrected chi connectivity index (χ1v) is 7.95. The number of ether oxygens (including phenoxy) is 2. The van der Waals surface area contributed by atoms with Gasteiger partial charge in [0, 0.05) is 5.56 Å². The van der Waals surface area contributed by atoms with Crippen LogP contribution in [0.25, 0.3) is 0 Å². The molecule has 0 spiro atoms. The molecule has 0 aliphatic heterocycles. The van der Waals surface area contributed by atoms with Crippen LogP contribution in [0.15, 0.2) is 18.2 Å². The number of benzene rings is 1. The Morgan fingerprint density at radius 2 is 1.92 bits per heavy atom. The fraction of sp³-hybridized carbons (Fsp3) is 0.471. The lowest BCUT2D eigenvalue weighted by Gasteiger charge is -2.18. The van der Waals surface area contributed by atoms with Crippen LogP contribution in [0, 0.1) is 23.0 Å². The van der Waals surface area contributed by atoms with Crippen molar-refractivity contribution in [3.8, 4) is 0 Å². The van der Waals surface area contributed by atoms with Crippen LogP contribution in [0.1, 0.15) is 36.2 Å². The van der Waals surface area contributed by atoms with Crippen LogP contribution in [0.2, 0.25) is 0 Å². The third-order valence-corrected chi connectivity index (χ3v) is 3.50. The van der Waals surface area contributed by atoms with E-state index in [2.05, 4.69) is 10.1 Å². The van der Waals surface area contributed by atoms with Crippen molar-refractivity contribution in [2.45, 2.75) is 33.2 Å². The van der Waals surface area contributed by atoms with Crippen molar-refractivity contribution in [2.24, 2.45) is 5.92 Å². The summed E-state index contributed by atoms with van der Waals surface area (Å²) in [6.07, 6.45) is 0.357. The molecule has 1 amide bonds. The normalized spacial score (nSPS) is 11.6. The van der Waals surface area contributed by atoms with Gasteiger partial charge in [-0.3, -0.25) is 14.9 Å². The zero-order chi connectivity index (χ0) is 19.9. The molecule has 0 saturated heterocycles. The summed E-state index contributed by atoms with van der Waals surface area (Å²) < 4.78 is 9.48. The molecule has 142 valence electrons. The van der Waals surface area contributed by atoms with Gasteiger partial charge in [0.15, 0.2) is 6.61 Å². The van der Waals surface area contributed by atoms with Gasteiger partial charge >= 0.3 is 11.9 Å². The maximum absolute atomic E-state index is 12.1. The van der Waals surface area contributed by atoms with Gasteiger partial charge in [0.25, 0.3) is 11.6 Å². The largest absolute Gasteiger partial charge is 0.467 e. The van der Waals surface area contributed by atoms with E-state index >= 15 is 0 Å². The van der Waals surface area contributed by atoms with Gasteiger partial charge < -0.3 is 14.8 Å². The van der Waals surface area contributed by atoms with Gasteiger partial charge in [-0.05, 0) is 25.3 Å². The van der Waals surface area contributed by atoms with Gasteiger partial charge in [-0.25, -0.2) is 9.59 Å². The molecule has 1 atom stereocenters. The van der Waals surface area contributed by atoms with E-state index in [4.69, 9.17) is 4.74 Å². The van der Waals surface area contributed by atoms with Crippen molar-refractivity contribution >= 4 is 23.5 Å². The summed E-state index contributed by atoms with van der Waals surface area (Å²) in [7, 11) is 1.21. The first kappa shape index (κ1) is 21.1. The smallest absolute Gasteiger partial charge is 0.345 e. The standard InChI is InChI=1S/C17H22N2O7/c1-10(2)8-13(17(22)25-4)18-14(20)9-26-16(21)12-7-5-6-11(3)15(12)19(23)24/h5-7,10,13H,8-9H2,1-4H3,(H,18,20)/t13-/m1/s1. The maximum atomic E-state index is 12.1. The van der Waals surface area contributed by atoms with Crippen LogP contribution in [0.3, 0.4) is 0 Å². The summed E-state index contributed by atoms with van der Waals surface area (Å²) in [5.74, 6) is -2.18. The molecular formula is C17H22N2O7. The predicted molar refractivity (Wildman–Crippen MR) is 91.5 cm³/mol. The summed E-state index contributed by atoms with van der Waals surface area (Å²) in [6, 6.07) is 3.37. The molecule has 1 N–H and O–H groups in total. The Labute approximate surface area is 150 Å². The Hall–Kier alpha value is -2.97. The number of nitrogens with zero attached hydrogens (tertiary/aromatic N) is 1. The Balaban J connectivity index is 2.75. The Morgan fingerprint density at radius 3 is 2.46 bits per heavy atom. The highest BCUT2D eigenvalue weighted by Gasteiger charge is 2.26. The third kappa shape index (κ3) is 5.83. The molecule has 0 aliphatic carbocycles. The molecule has 0 radical (unpaired) electrons. The second-order valence-corrected chi connectivity index (χ2v) is 6.08. The molecule has 1 aromatic rings. The van der Waals surface area contributed by atoms with Gasteiger partial charge in [-0.15, -0.1) is 0 Å². The summed E-state index contributed by atoms with van der Waals surface area (Å²) in [4.78, 5) is 46.1. The van der Waals surface area contributed by atoms with E-state index in [1.54, 1.807) is 0 Å². The molecule has 0 aliphatic rings. The van der Waals surface area contributed by atoms with Crippen LogP contribution in [-0.2, 0) is 19.1 Å². The maximum Gasteiger partial charge on any atom is 0.345 e. The molecular weight excluding hydrogens is 344 g/mol. The highest BCUT2D eigenvalue weighted by atomic mass is 16.6. The monoisotopic (exact) mass is 366 g/mol. The highest BCUT2D eigenvalue weighted by Crippen LogP contribution is 2.23. The molecule has 0 fully saturated rings. The quantitative estimate of drug-likeness (QED) is 0.422. The number of carbonyl (C=O) groups excluding carboxylic acids is 3. The molecule has 9 heteroatoms. The predicted octanol–water partition coefficient (Wildman–Crippen LogP) is 1.76. The average Bonchev–Trinajstić information content (AvgIpc) is 2.57. The SMILES string of the molecule is COC(=O)[C@@H](CC(C)C)NC(=O)COC(=O)c1cccc(C)c1[N+](=O)[O-]. The van der Waals surface area contributed by atoms with E-state index in [0.717, 1.165) is 0 Å². The molecule has 1 rings (SSSR count). The minimum absolute atomic E-state index is 0.122. The number of aryl methyl sites for hydroxylation is 1. The number of nitro groups is 1. The fourth-order valence-corrected chi connectivity index (χ4v) is 2.34. The molecule has 0 unspecified atom stereocenters. The van der Waals surface area contributed by atoms with Crippen LogP contribution in [0.5, 0.6) is 0 Å². The second-order valence-electron chi connectivity index (χ2n) is 6.08. The number of hydrogen-bond donors (Lipinski definition) is 1. The van der Waals surface area contributed by atoms with E-state index in [9.17, 15) is 24.5 Å². The number of nitro benzene ring substituents is 1. The van der Waals surface area contributed by atoms with Crippen molar-refractivity contribution < 1.29 is 28.8 Å². The van der Waals surface area contributed by atoms with Gasteiger partial charge in [-0.2, -0.15) is 0 Å². The molecule has 0 heterocycles. The lowest BCUT2D eigenvalue weighted by Crippen LogP contribution is -2.44. The number of amides is 1. The molecule has 0 saturated carbocycles. The minimum Gasteiger partial charge on any atom is -0.467 e. The molecule has 0 bridgehead atoms. The summed E-state index contributed by atoms with van der Waals surface area (Å²) >= 11 is 0. The van der Waals surface area contributed by atoms with Crippen LogP contribution < -0.4 is 5.32 Å². The molecule has 0 aromatic heterocycles. The minimum atomic E-state index is -0.992. The first-order valence-electron chi connectivity index (χ1n) is 7.95. The first-order chi connectivity index (χ1) is 12.2. The molecule has 26 heavy (non-hydrogen) atoms. The van der Waals surface area contributed by atoms with E-state index in [-0.39, 0.29) is 17.2 Å². The molecule has 9 nitrogen and oxygen atoms in total. The van der Waals surface area contributed by atoms with E-state index < -0.39 is 35.4 Å². The van der Waals surface area contributed by atoms with Crippen LogP contribution in [0.4, 0.5) is 5.69 Å². The van der Waals surface area contributed by atoms with Crippen molar-refractivity contribution in [3.05, 3.63) is 39.4 Å². The van der Waals surface area contributed by atoms with Gasteiger partial charge in [0.2, 0.25) is 0 Å². The van der Waals surface area contributed by atoms with Crippen LogP contribution >= 0.6 is 0 Å². The van der Waals surface area contributed by atoms with E-state index in [1.165, 1.54) is 32.2 Å². The zero-order valence-corrected chi connectivity index (χ0v) is 15.1. The number of hydrogen-bond acceptors (Lipinski definition) is 7.